The van der Waals surface area contributed by atoms with Crippen molar-refractivity contribution in [3.63, 3.8) is 0 Å². The summed E-state index contributed by atoms with van der Waals surface area (Å²) in [6.45, 7) is 2.40. The molecule has 0 aliphatic heterocycles. The van der Waals surface area contributed by atoms with E-state index in [1.165, 1.54) is 25.0 Å². The summed E-state index contributed by atoms with van der Waals surface area (Å²) in [6.07, 6.45) is 2.10. The quantitative estimate of drug-likeness (QED) is 0.790. The van der Waals surface area contributed by atoms with Gasteiger partial charge in [-0.15, -0.1) is 0 Å². The van der Waals surface area contributed by atoms with Gasteiger partial charge in [-0.2, -0.15) is 0 Å². The van der Waals surface area contributed by atoms with Gasteiger partial charge in [0, 0.05) is 18.7 Å². The van der Waals surface area contributed by atoms with Crippen molar-refractivity contribution in [3.8, 4) is 5.75 Å². The fourth-order valence-electron chi connectivity index (χ4n) is 1.85. The largest absolute Gasteiger partial charge is 0.481 e. The molecule has 1 saturated carbocycles. The molecule has 5 heteroatoms. The zero-order valence-electron chi connectivity index (χ0n) is 11.0. The first-order chi connectivity index (χ1) is 9.08. The third-order valence-corrected chi connectivity index (χ3v) is 3.07. The number of primary amides is 1. The molecule has 1 fully saturated rings. The van der Waals surface area contributed by atoms with Crippen LogP contribution in [0.25, 0.3) is 0 Å². The summed E-state index contributed by atoms with van der Waals surface area (Å²) in [7, 11) is 0. The average molecular weight is 266 g/mol. The normalized spacial score (nSPS) is 16.1. The van der Waals surface area contributed by atoms with Gasteiger partial charge in [-0.1, -0.05) is 6.92 Å². The highest BCUT2D eigenvalue weighted by atomic mass is 19.1. The van der Waals surface area contributed by atoms with Gasteiger partial charge in [-0.3, -0.25) is 4.79 Å². The Morgan fingerprint density at radius 1 is 1.53 bits per heavy atom. The van der Waals surface area contributed by atoms with Crippen LogP contribution in [0.2, 0.25) is 0 Å². The third kappa shape index (κ3) is 4.21. The van der Waals surface area contributed by atoms with E-state index in [0.29, 0.717) is 24.8 Å². The van der Waals surface area contributed by atoms with E-state index in [0.717, 1.165) is 5.56 Å². The lowest BCUT2D eigenvalue weighted by Crippen LogP contribution is -2.33. The topological polar surface area (TPSA) is 64.3 Å². The van der Waals surface area contributed by atoms with Crippen LogP contribution in [-0.2, 0) is 11.3 Å². The van der Waals surface area contributed by atoms with Gasteiger partial charge < -0.3 is 15.8 Å². The highest BCUT2D eigenvalue weighted by molar-refractivity contribution is 5.79. The second-order valence-corrected chi connectivity index (χ2v) is 4.87. The maximum absolute atomic E-state index is 13.5. The van der Waals surface area contributed by atoms with Crippen molar-refractivity contribution in [2.75, 3.05) is 0 Å². The minimum atomic E-state index is -0.717. The summed E-state index contributed by atoms with van der Waals surface area (Å²) < 4.78 is 18.9. The Morgan fingerprint density at radius 3 is 2.84 bits per heavy atom. The molecule has 1 atom stereocenters. The standard InChI is InChI=1S/C14H19FN2O2/c1-2-13(14(16)18)19-12-6-9(5-10(15)7-12)8-17-11-3-4-11/h5-7,11,13,17H,2-4,8H2,1H3,(H2,16,18). The maximum atomic E-state index is 13.5. The Balaban J connectivity index is 2.03. The van der Waals surface area contributed by atoms with Gasteiger partial charge in [-0.05, 0) is 37.0 Å². The van der Waals surface area contributed by atoms with Crippen molar-refractivity contribution in [1.82, 2.24) is 5.32 Å². The average Bonchev–Trinajstić information content (AvgIpc) is 3.16. The van der Waals surface area contributed by atoms with Gasteiger partial charge in [0.1, 0.15) is 11.6 Å². The lowest BCUT2D eigenvalue weighted by atomic mass is 10.2. The van der Waals surface area contributed by atoms with Crippen LogP contribution in [0, 0.1) is 5.82 Å². The van der Waals surface area contributed by atoms with Crippen LogP contribution in [0.5, 0.6) is 5.75 Å². The Hall–Kier alpha value is -1.62. The number of hydrogen-bond acceptors (Lipinski definition) is 3. The van der Waals surface area contributed by atoms with Gasteiger partial charge in [-0.25, -0.2) is 4.39 Å². The number of amides is 1. The number of halogens is 1. The minimum Gasteiger partial charge on any atom is -0.481 e. The summed E-state index contributed by atoms with van der Waals surface area (Å²) in [5.74, 6) is -0.563. The summed E-state index contributed by atoms with van der Waals surface area (Å²) >= 11 is 0. The van der Waals surface area contributed by atoms with Crippen molar-refractivity contribution in [2.24, 2.45) is 5.73 Å². The zero-order chi connectivity index (χ0) is 13.8. The number of nitrogens with one attached hydrogen (secondary N) is 1. The van der Waals surface area contributed by atoms with Gasteiger partial charge in [0.15, 0.2) is 6.10 Å². The van der Waals surface area contributed by atoms with Crippen LogP contribution < -0.4 is 15.8 Å². The van der Waals surface area contributed by atoms with E-state index in [4.69, 9.17) is 10.5 Å². The van der Waals surface area contributed by atoms with Crippen LogP contribution in [0.3, 0.4) is 0 Å². The van der Waals surface area contributed by atoms with Crippen LogP contribution >= 0.6 is 0 Å². The van der Waals surface area contributed by atoms with E-state index >= 15 is 0 Å². The number of carbonyl (C=O) groups excluding carboxylic acids is 1. The molecule has 0 radical (unpaired) electrons. The van der Waals surface area contributed by atoms with E-state index in [9.17, 15) is 9.18 Å². The smallest absolute Gasteiger partial charge is 0.258 e. The van der Waals surface area contributed by atoms with Crippen LogP contribution in [-0.4, -0.2) is 18.1 Å². The first-order valence-corrected chi connectivity index (χ1v) is 6.57. The van der Waals surface area contributed by atoms with E-state index < -0.39 is 12.0 Å². The van der Waals surface area contributed by atoms with Crippen molar-refractivity contribution >= 4 is 5.91 Å². The molecular weight excluding hydrogens is 247 g/mol. The summed E-state index contributed by atoms with van der Waals surface area (Å²) in [4.78, 5) is 11.1. The SMILES string of the molecule is CCC(Oc1cc(F)cc(CNC2CC2)c1)C(N)=O. The van der Waals surface area contributed by atoms with Gasteiger partial charge in [0.05, 0.1) is 0 Å². The minimum absolute atomic E-state index is 0.346. The first-order valence-electron chi connectivity index (χ1n) is 6.57. The van der Waals surface area contributed by atoms with Crippen molar-refractivity contribution < 1.29 is 13.9 Å². The Bertz CT molecular complexity index is 461. The molecule has 1 aliphatic rings. The lowest BCUT2D eigenvalue weighted by Gasteiger charge is -2.15. The zero-order valence-corrected chi connectivity index (χ0v) is 11.0. The monoisotopic (exact) mass is 266 g/mol. The van der Waals surface area contributed by atoms with Gasteiger partial charge in [0.2, 0.25) is 0 Å². The molecule has 0 saturated heterocycles. The fourth-order valence-corrected chi connectivity index (χ4v) is 1.85. The highest BCUT2D eigenvalue weighted by Crippen LogP contribution is 2.22. The Kier molecular flexibility index (Phi) is 4.37. The first kappa shape index (κ1) is 13.8. The second-order valence-electron chi connectivity index (χ2n) is 4.87. The van der Waals surface area contributed by atoms with E-state index in [1.807, 2.05) is 0 Å². The van der Waals surface area contributed by atoms with E-state index in [-0.39, 0.29) is 5.82 Å². The molecule has 0 spiro atoms. The van der Waals surface area contributed by atoms with Gasteiger partial charge >= 0.3 is 0 Å². The molecule has 19 heavy (non-hydrogen) atoms. The Morgan fingerprint density at radius 2 is 2.26 bits per heavy atom. The van der Waals surface area contributed by atoms with Crippen LogP contribution in [0.15, 0.2) is 18.2 Å². The van der Waals surface area contributed by atoms with E-state index in [1.54, 1.807) is 13.0 Å². The molecule has 3 N–H and O–H groups in total. The Labute approximate surface area is 112 Å². The summed E-state index contributed by atoms with van der Waals surface area (Å²) in [5.41, 5.74) is 6.01. The number of ether oxygens (including phenoxy) is 1. The van der Waals surface area contributed by atoms with Crippen molar-refractivity contribution in [3.05, 3.63) is 29.6 Å². The molecule has 1 aliphatic carbocycles. The molecule has 4 nitrogen and oxygen atoms in total. The molecule has 2 rings (SSSR count). The fraction of sp³-hybridized carbons (Fsp3) is 0.500. The van der Waals surface area contributed by atoms with Crippen LogP contribution in [0.4, 0.5) is 4.39 Å². The summed E-state index contributed by atoms with van der Waals surface area (Å²) in [6, 6.07) is 5.03. The predicted molar refractivity (Wildman–Crippen MR) is 70.2 cm³/mol. The molecule has 0 aromatic heterocycles. The molecule has 0 bridgehead atoms. The molecule has 1 amide bonds. The molecule has 1 aromatic carbocycles. The summed E-state index contributed by atoms with van der Waals surface area (Å²) in [5, 5.41) is 3.30. The lowest BCUT2D eigenvalue weighted by molar-refractivity contribution is -0.124. The van der Waals surface area contributed by atoms with Crippen molar-refractivity contribution in [2.45, 2.75) is 44.9 Å². The number of carbonyl (C=O) groups is 1. The number of hydrogen-bond donors (Lipinski definition) is 2. The predicted octanol–water partition coefficient (Wildman–Crippen LogP) is 1.72. The molecular formula is C14H19FN2O2. The maximum Gasteiger partial charge on any atom is 0.258 e. The third-order valence-electron chi connectivity index (χ3n) is 3.07. The number of rotatable bonds is 7. The molecule has 104 valence electrons. The van der Waals surface area contributed by atoms with Crippen molar-refractivity contribution in [1.29, 1.82) is 0 Å². The van der Waals surface area contributed by atoms with Crippen LogP contribution in [0.1, 0.15) is 31.7 Å². The van der Waals surface area contributed by atoms with Gasteiger partial charge in [0.25, 0.3) is 5.91 Å². The van der Waals surface area contributed by atoms with E-state index in [2.05, 4.69) is 5.32 Å². The molecule has 1 unspecified atom stereocenters. The second kappa shape index (κ2) is 6.02. The number of benzene rings is 1. The molecule has 0 heterocycles. The molecule has 1 aromatic rings. The highest BCUT2D eigenvalue weighted by Gasteiger charge is 2.20. The number of nitrogens with two attached hydrogens (primary N) is 1.